The highest BCUT2D eigenvalue weighted by Crippen LogP contribution is 2.35. The Balaban J connectivity index is 1.19. The zero-order chi connectivity index (χ0) is 19.6. The second-order valence-electron chi connectivity index (χ2n) is 8.17. The van der Waals surface area contributed by atoms with Crippen molar-refractivity contribution in [2.24, 2.45) is 0 Å². The Hall–Kier alpha value is -1.93. The number of carbonyl (C=O) groups is 3. The molecule has 3 aliphatic rings. The van der Waals surface area contributed by atoms with Crippen LogP contribution in [0.2, 0.25) is 0 Å². The number of imide groups is 1. The summed E-state index contributed by atoms with van der Waals surface area (Å²) in [5.41, 5.74) is -0.650. The van der Waals surface area contributed by atoms with Crippen molar-refractivity contribution in [2.75, 3.05) is 32.7 Å². The van der Waals surface area contributed by atoms with Gasteiger partial charge >= 0.3 is 6.03 Å². The quantitative estimate of drug-likeness (QED) is 0.682. The molecule has 1 saturated carbocycles. The molecule has 152 valence electrons. The van der Waals surface area contributed by atoms with E-state index in [1.807, 2.05) is 4.90 Å². The number of hydrogen-bond acceptors (Lipinski definition) is 4. The highest BCUT2D eigenvalue weighted by molar-refractivity contribution is 7.09. The molecular weight excluding hydrogens is 376 g/mol. The van der Waals surface area contributed by atoms with Crippen LogP contribution < -0.4 is 10.2 Å². The predicted molar refractivity (Wildman–Crippen MR) is 106 cm³/mol. The third-order valence-electron chi connectivity index (χ3n) is 6.30. The first kappa shape index (κ1) is 19.4. The van der Waals surface area contributed by atoms with E-state index in [4.69, 9.17) is 0 Å². The topological polar surface area (TPSA) is 74.2 Å². The lowest BCUT2D eigenvalue weighted by Gasteiger charge is -2.32. The molecule has 1 aliphatic carbocycles. The molecule has 2 saturated heterocycles. The van der Waals surface area contributed by atoms with Crippen LogP contribution in [0.25, 0.3) is 0 Å². The largest absolute Gasteiger partial charge is 0.331 e. The minimum atomic E-state index is -0.650. The fourth-order valence-corrected chi connectivity index (χ4v) is 5.43. The molecular formula is C20H29N4O3S+. The summed E-state index contributed by atoms with van der Waals surface area (Å²) in [5.74, 6) is 0.0473. The summed E-state index contributed by atoms with van der Waals surface area (Å²) >= 11 is 1.79. The minimum Gasteiger partial charge on any atom is -0.331 e. The number of rotatable bonds is 6. The van der Waals surface area contributed by atoms with Crippen molar-refractivity contribution in [3.05, 3.63) is 22.4 Å². The number of nitrogens with zero attached hydrogens (tertiary/aromatic N) is 2. The number of piperazine rings is 1. The maximum atomic E-state index is 12.6. The summed E-state index contributed by atoms with van der Waals surface area (Å²) in [4.78, 5) is 43.5. The molecule has 4 amide bonds. The molecule has 2 N–H and O–H groups in total. The number of carbonyl (C=O) groups excluding carboxylic acids is 3. The van der Waals surface area contributed by atoms with Gasteiger partial charge in [-0.1, -0.05) is 18.9 Å². The summed E-state index contributed by atoms with van der Waals surface area (Å²) in [6.45, 7) is 4.88. The SMILES string of the molecule is O=C(CCCN1C(=O)NC2(CCCC2)C1=O)N1CC[NH+](Cc2cccs2)CC1. The monoisotopic (exact) mass is 405 g/mol. The van der Waals surface area contributed by atoms with Gasteiger partial charge in [0.2, 0.25) is 5.91 Å². The number of thiophene rings is 1. The van der Waals surface area contributed by atoms with Crippen molar-refractivity contribution in [2.45, 2.75) is 50.6 Å². The van der Waals surface area contributed by atoms with E-state index >= 15 is 0 Å². The number of amides is 4. The van der Waals surface area contributed by atoms with Crippen molar-refractivity contribution in [1.29, 1.82) is 0 Å². The number of quaternary nitrogens is 1. The summed E-state index contributed by atoms with van der Waals surface area (Å²) in [6, 6.07) is 3.96. The Kier molecular flexibility index (Phi) is 5.68. The van der Waals surface area contributed by atoms with Crippen LogP contribution in [0.1, 0.15) is 43.4 Å². The van der Waals surface area contributed by atoms with Gasteiger partial charge in [-0.3, -0.25) is 14.5 Å². The molecule has 3 heterocycles. The van der Waals surface area contributed by atoms with Crippen LogP contribution in [0.5, 0.6) is 0 Å². The van der Waals surface area contributed by atoms with Crippen molar-refractivity contribution in [3.63, 3.8) is 0 Å². The summed E-state index contributed by atoms with van der Waals surface area (Å²) in [7, 11) is 0. The van der Waals surface area contributed by atoms with Gasteiger partial charge in [0, 0.05) is 13.0 Å². The van der Waals surface area contributed by atoms with Crippen LogP contribution in [0.3, 0.4) is 0 Å². The van der Waals surface area contributed by atoms with Crippen molar-refractivity contribution in [1.82, 2.24) is 15.1 Å². The molecule has 0 radical (unpaired) electrons. The van der Waals surface area contributed by atoms with Gasteiger partial charge in [-0.05, 0) is 30.7 Å². The fraction of sp³-hybridized carbons (Fsp3) is 0.650. The average molecular weight is 406 g/mol. The first-order valence-electron chi connectivity index (χ1n) is 10.4. The first-order valence-corrected chi connectivity index (χ1v) is 11.2. The lowest BCUT2D eigenvalue weighted by atomic mass is 9.98. The third-order valence-corrected chi connectivity index (χ3v) is 7.18. The second kappa shape index (κ2) is 8.21. The average Bonchev–Trinajstić information content (AvgIpc) is 3.41. The standard InChI is InChI=1S/C20H28N4O3S/c25-17(23-12-10-22(11-13-23)15-16-5-4-14-28-16)6-3-9-24-18(26)20(21-19(24)27)7-1-2-8-20/h4-5,14H,1-3,6-13,15H2,(H,21,27)/p+1. The molecule has 4 rings (SSSR count). The van der Waals surface area contributed by atoms with Crippen molar-refractivity contribution < 1.29 is 19.3 Å². The van der Waals surface area contributed by atoms with E-state index in [0.29, 0.717) is 19.4 Å². The van der Waals surface area contributed by atoms with E-state index < -0.39 is 5.54 Å². The Labute approximate surface area is 169 Å². The highest BCUT2D eigenvalue weighted by atomic mass is 32.1. The van der Waals surface area contributed by atoms with E-state index in [9.17, 15) is 14.4 Å². The molecule has 1 aromatic heterocycles. The maximum Gasteiger partial charge on any atom is 0.325 e. The van der Waals surface area contributed by atoms with Gasteiger partial charge in [0.15, 0.2) is 0 Å². The van der Waals surface area contributed by atoms with Gasteiger partial charge in [-0.25, -0.2) is 4.79 Å². The molecule has 0 unspecified atom stereocenters. The van der Waals surface area contributed by atoms with Gasteiger partial charge in [0.25, 0.3) is 5.91 Å². The number of nitrogens with one attached hydrogen (secondary N) is 2. The van der Waals surface area contributed by atoms with Gasteiger partial charge in [0.1, 0.15) is 12.1 Å². The van der Waals surface area contributed by atoms with Crippen LogP contribution in [0, 0.1) is 0 Å². The van der Waals surface area contributed by atoms with Crippen LogP contribution in [0.15, 0.2) is 17.5 Å². The summed E-state index contributed by atoms with van der Waals surface area (Å²) in [6.07, 6.45) is 4.38. The number of urea groups is 1. The van der Waals surface area contributed by atoms with Gasteiger partial charge in [-0.2, -0.15) is 0 Å². The van der Waals surface area contributed by atoms with E-state index in [1.54, 1.807) is 11.3 Å². The smallest absolute Gasteiger partial charge is 0.325 e. The third kappa shape index (κ3) is 3.93. The molecule has 0 atom stereocenters. The van der Waals surface area contributed by atoms with Crippen molar-refractivity contribution in [3.8, 4) is 0 Å². The number of hydrogen-bond donors (Lipinski definition) is 2. The first-order chi connectivity index (χ1) is 13.6. The second-order valence-corrected chi connectivity index (χ2v) is 9.20. The fourth-order valence-electron chi connectivity index (χ4n) is 4.65. The Morgan fingerprint density at radius 3 is 2.64 bits per heavy atom. The lowest BCUT2D eigenvalue weighted by molar-refractivity contribution is -0.917. The van der Waals surface area contributed by atoms with E-state index in [2.05, 4.69) is 22.8 Å². The van der Waals surface area contributed by atoms with Crippen LogP contribution in [-0.2, 0) is 16.1 Å². The Morgan fingerprint density at radius 1 is 1.21 bits per heavy atom. The van der Waals surface area contributed by atoms with E-state index in [0.717, 1.165) is 58.4 Å². The molecule has 28 heavy (non-hydrogen) atoms. The molecule has 1 aromatic rings. The van der Waals surface area contributed by atoms with Gasteiger partial charge < -0.3 is 15.1 Å². The van der Waals surface area contributed by atoms with Crippen molar-refractivity contribution >= 4 is 29.2 Å². The van der Waals surface area contributed by atoms with Crippen LogP contribution in [0.4, 0.5) is 4.79 Å². The zero-order valence-electron chi connectivity index (χ0n) is 16.2. The maximum absolute atomic E-state index is 12.6. The van der Waals surface area contributed by atoms with E-state index in [-0.39, 0.29) is 17.8 Å². The predicted octanol–water partition coefficient (Wildman–Crippen LogP) is 0.620. The molecule has 2 aliphatic heterocycles. The van der Waals surface area contributed by atoms with Gasteiger partial charge in [-0.15, -0.1) is 11.3 Å². The normalized spacial score (nSPS) is 22.3. The zero-order valence-corrected chi connectivity index (χ0v) is 17.1. The van der Waals surface area contributed by atoms with Crippen LogP contribution in [-0.4, -0.2) is 65.9 Å². The summed E-state index contributed by atoms with van der Waals surface area (Å²) < 4.78 is 0. The highest BCUT2D eigenvalue weighted by Gasteiger charge is 2.52. The Morgan fingerprint density at radius 2 is 1.96 bits per heavy atom. The molecule has 0 aromatic carbocycles. The Bertz CT molecular complexity index is 722. The summed E-state index contributed by atoms with van der Waals surface area (Å²) in [5, 5.41) is 5.00. The molecule has 8 heteroatoms. The molecule has 3 fully saturated rings. The van der Waals surface area contributed by atoms with Gasteiger partial charge in [0.05, 0.1) is 31.1 Å². The van der Waals surface area contributed by atoms with E-state index in [1.165, 1.54) is 14.7 Å². The lowest BCUT2D eigenvalue weighted by Crippen LogP contribution is -3.13. The minimum absolute atomic E-state index is 0.0896. The van der Waals surface area contributed by atoms with Crippen LogP contribution >= 0.6 is 11.3 Å². The molecule has 1 spiro atoms. The molecule has 7 nitrogen and oxygen atoms in total. The molecule has 0 bridgehead atoms.